The minimum absolute atomic E-state index is 0.272. The average molecular weight is 331 g/mol. The molecule has 110 valence electrons. The number of hydrogen-bond acceptors (Lipinski definition) is 6. The zero-order chi connectivity index (χ0) is 14.9. The molecule has 2 heterocycles. The summed E-state index contributed by atoms with van der Waals surface area (Å²) in [5.74, 6) is 0. The molecule has 1 unspecified atom stereocenters. The Morgan fingerprint density at radius 3 is 2.65 bits per heavy atom. The molecule has 2 aromatic heterocycles. The number of nitrogens with two attached hydrogens (primary N) is 1. The van der Waals surface area contributed by atoms with Gasteiger partial charge in [0.15, 0.2) is 0 Å². The van der Waals surface area contributed by atoms with Crippen LogP contribution < -0.4 is 10.5 Å². The van der Waals surface area contributed by atoms with Crippen molar-refractivity contribution in [3.63, 3.8) is 0 Å². The molecule has 0 radical (unpaired) electrons. The second-order valence-electron chi connectivity index (χ2n) is 4.48. The third-order valence-electron chi connectivity index (χ3n) is 2.81. The normalized spacial score (nSPS) is 13.6. The summed E-state index contributed by atoms with van der Waals surface area (Å²) in [6.07, 6.45) is 0. The highest BCUT2D eigenvalue weighted by Gasteiger charge is 2.22. The molecule has 2 aromatic rings. The van der Waals surface area contributed by atoms with Gasteiger partial charge in [-0.3, -0.25) is 0 Å². The fourth-order valence-corrected chi connectivity index (χ4v) is 5.29. The van der Waals surface area contributed by atoms with Crippen LogP contribution in [0.15, 0.2) is 16.3 Å². The first-order valence-electron chi connectivity index (χ1n) is 6.07. The Morgan fingerprint density at radius 2 is 2.15 bits per heavy atom. The van der Waals surface area contributed by atoms with Gasteiger partial charge in [-0.05, 0) is 26.8 Å². The zero-order valence-electron chi connectivity index (χ0n) is 11.5. The Kier molecular flexibility index (Phi) is 4.60. The average Bonchev–Trinajstić information content (AvgIpc) is 2.95. The molecule has 0 aromatic carbocycles. The van der Waals surface area contributed by atoms with Crippen molar-refractivity contribution in [3.05, 3.63) is 31.9 Å². The number of rotatable bonds is 5. The highest BCUT2D eigenvalue weighted by atomic mass is 32.2. The Bertz CT molecular complexity index is 703. The minimum Gasteiger partial charge on any atom is -0.326 e. The van der Waals surface area contributed by atoms with E-state index in [0.717, 1.165) is 20.5 Å². The van der Waals surface area contributed by atoms with Crippen molar-refractivity contribution in [1.82, 2.24) is 9.71 Å². The monoisotopic (exact) mass is 331 g/mol. The van der Waals surface area contributed by atoms with Crippen LogP contribution in [0.4, 0.5) is 0 Å². The second-order valence-corrected chi connectivity index (χ2v) is 8.42. The summed E-state index contributed by atoms with van der Waals surface area (Å²) in [7, 11) is -3.52. The fraction of sp³-hybridized carbons (Fsp3) is 0.417. The van der Waals surface area contributed by atoms with Crippen LogP contribution in [-0.2, 0) is 16.6 Å². The molecule has 0 saturated heterocycles. The SMILES string of the molecule is Cc1nc(C)c(C(C)NS(=O)(=O)c2csc(CN)c2)s1. The Labute approximate surface area is 126 Å². The first-order chi connectivity index (χ1) is 9.33. The number of thiazole rings is 1. The van der Waals surface area contributed by atoms with E-state index in [4.69, 9.17) is 5.73 Å². The van der Waals surface area contributed by atoms with Crippen LogP contribution in [0.2, 0.25) is 0 Å². The third kappa shape index (κ3) is 3.26. The van der Waals surface area contributed by atoms with Gasteiger partial charge in [-0.15, -0.1) is 22.7 Å². The van der Waals surface area contributed by atoms with E-state index in [9.17, 15) is 8.42 Å². The molecule has 5 nitrogen and oxygen atoms in total. The van der Waals surface area contributed by atoms with Gasteiger partial charge in [0.25, 0.3) is 0 Å². The number of nitrogens with zero attached hydrogens (tertiary/aromatic N) is 1. The van der Waals surface area contributed by atoms with Crippen LogP contribution in [0.3, 0.4) is 0 Å². The third-order valence-corrected chi connectivity index (χ3v) is 6.69. The summed E-state index contributed by atoms with van der Waals surface area (Å²) in [6, 6.07) is 1.32. The molecule has 0 amide bonds. The van der Waals surface area contributed by atoms with Crippen molar-refractivity contribution in [2.75, 3.05) is 0 Å². The van der Waals surface area contributed by atoms with Crippen molar-refractivity contribution in [1.29, 1.82) is 0 Å². The molecule has 1 atom stereocenters. The molecular weight excluding hydrogens is 314 g/mol. The summed E-state index contributed by atoms with van der Waals surface area (Å²) in [6.45, 7) is 5.98. The number of thiophene rings is 1. The molecule has 0 bridgehead atoms. The van der Waals surface area contributed by atoms with Crippen molar-refractivity contribution < 1.29 is 8.42 Å². The number of hydrogen-bond donors (Lipinski definition) is 2. The lowest BCUT2D eigenvalue weighted by Crippen LogP contribution is -2.26. The van der Waals surface area contributed by atoms with Crippen LogP contribution in [0.1, 0.15) is 33.4 Å². The number of sulfonamides is 1. The summed E-state index contributed by atoms with van der Waals surface area (Å²) >= 11 is 2.87. The Hall–Kier alpha value is -0.800. The quantitative estimate of drug-likeness (QED) is 0.880. The van der Waals surface area contributed by atoms with Gasteiger partial charge in [0.2, 0.25) is 10.0 Å². The molecule has 20 heavy (non-hydrogen) atoms. The molecule has 0 saturated carbocycles. The lowest BCUT2D eigenvalue weighted by molar-refractivity contribution is 0.568. The summed E-state index contributed by atoms with van der Waals surface area (Å²) in [5, 5.41) is 2.55. The van der Waals surface area contributed by atoms with Gasteiger partial charge < -0.3 is 5.73 Å². The van der Waals surface area contributed by atoms with Crippen LogP contribution in [-0.4, -0.2) is 13.4 Å². The van der Waals surface area contributed by atoms with Gasteiger partial charge in [-0.1, -0.05) is 0 Å². The second kappa shape index (κ2) is 5.90. The molecule has 0 aliphatic carbocycles. The van der Waals surface area contributed by atoms with Crippen LogP contribution in [0, 0.1) is 13.8 Å². The molecule has 0 aliphatic rings. The molecular formula is C12H17N3O2S3. The number of aromatic nitrogens is 1. The van der Waals surface area contributed by atoms with E-state index in [1.807, 2.05) is 20.8 Å². The van der Waals surface area contributed by atoms with E-state index >= 15 is 0 Å². The Morgan fingerprint density at radius 1 is 1.45 bits per heavy atom. The molecule has 8 heteroatoms. The first kappa shape index (κ1) is 15.6. The van der Waals surface area contributed by atoms with Gasteiger partial charge in [-0.2, -0.15) is 0 Å². The zero-order valence-corrected chi connectivity index (χ0v) is 14.0. The van der Waals surface area contributed by atoms with E-state index in [2.05, 4.69) is 9.71 Å². The molecule has 0 aliphatic heterocycles. The summed E-state index contributed by atoms with van der Waals surface area (Å²) < 4.78 is 27.3. The topological polar surface area (TPSA) is 85.1 Å². The fourth-order valence-electron chi connectivity index (χ4n) is 1.91. The highest BCUT2D eigenvalue weighted by Crippen LogP contribution is 2.27. The maximum Gasteiger partial charge on any atom is 0.241 e. The van der Waals surface area contributed by atoms with Gasteiger partial charge in [-0.25, -0.2) is 18.1 Å². The van der Waals surface area contributed by atoms with Crippen molar-refractivity contribution in [3.8, 4) is 0 Å². The molecule has 3 N–H and O–H groups in total. The smallest absolute Gasteiger partial charge is 0.241 e. The van der Waals surface area contributed by atoms with Crippen LogP contribution in [0.25, 0.3) is 0 Å². The lowest BCUT2D eigenvalue weighted by Gasteiger charge is -2.12. The van der Waals surface area contributed by atoms with E-state index in [-0.39, 0.29) is 10.9 Å². The van der Waals surface area contributed by atoms with Gasteiger partial charge in [0.05, 0.1) is 21.6 Å². The van der Waals surface area contributed by atoms with Gasteiger partial charge in [0.1, 0.15) is 0 Å². The van der Waals surface area contributed by atoms with Crippen molar-refractivity contribution >= 4 is 32.7 Å². The van der Waals surface area contributed by atoms with Crippen LogP contribution >= 0.6 is 22.7 Å². The molecule has 2 rings (SSSR count). The predicted molar refractivity (Wildman–Crippen MR) is 82.5 cm³/mol. The lowest BCUT2D eigenvalue weighted by atomic mass is 10.2. The predicted octanol–water partition coefficient (Wildman–Crippen LogP) is 2.32. The summed E-state index contributed by atoms with van der Waals surface area (Å²) in [5.41, 5.74) is 6.38. The van der Waals surface area contributed by atoms with Crippen LogP contribution in [0.5, 0.6) is 0 Å². The number of aryl methyl sites for hydroxylation is 2. The van der Waals surface area contributed by atoms with E-state index in [1.54, 1.807) is 11.4 Å². The van der Waals surface area contributed by atoms with Gasteiger partial charge in [0, 0.05) is 21.7 Å². The van der Waals surface area contributed by atoms with E-state index < -0.39 is 10.0 Å². The largest absolute Gasteiger partial charge is 0.326 e. The van der Waals surface area contributed by atoms with E-state index in [1.165, 1.54) is 22.7 Å². The minimum atomic E-state index is -3.52. The maximum atomic E-state index is 12.3. The van der Waals surface area contributed by atoms with E-state index in [0.29, 0.717) is 6.54 Å². The molecule has 0 spiro atoms. The summed E-state index contributed by atoms with van der Waals surface area (Å²) in [4.78, 5) is 6.39. The van der Waals surface area contributed by atoms with Crippen molar-refractivity contribution in [2.45, 2.75) is 38.3 Å². The maximum absolute atomic E-state index is 12.3. The standard InChI is InChI=1S/C12H17N3O2S3/c1-7-12(19-9(3)14-7)8(2)15-20(16,17)11-4-10(5-13)18-6-11/h4,6,8,15H,5,13H2,1-3H3. The first-order valence-corrected chi connectivity index (χ1v) is 9.25. The molecule has 0 fully saturated rings. The van der Waals surface area contributed by atoms with Gasteiger partial charge >= 0.3 is 0 Å². The van der Waals surface area contributed by atoms with Crippen molar-refractivity contribution in [2.24, 2.45) is 5.73 Å². The Balaban J connectivity index is 2.21. The number of nitrogens with one attached hydrogen (secondary N) is 1. The highest BCUT2D eigenvalue weighted by molar-refractivity contribution is 7.89.